The monoisotopic (exact) mass is 441 g/mol. The van der Waals surface area contributed by atoms with E-state index in [-0.39, 0.29) is 19.0 Å². The number of aliphatic carboxylic acids is 1. The van der Waals surface area contributed by atoms with Gasteiger partial charge in [0.05, 0.1) is 13.0 Å². The molecule has 0 bridgehead atoms. The quantitative estimate of drug-likeness (QED) is 0.247. The Morgan fingerprint density at radius 1 is 1.10 bits per heavy atom. The Morgan fingerprint density at radius 2 is 1.74 bits per heavy atom. The molecule has 0 aromatic rings. The molecule has 1 rings (SSSR count). The van der Waals surface area contributed by atoms with Crippen LogP contribution < -0.4 is 21.7 Å². The zero-order valence-electron chi connectivity index (χ0n) is 18.0. The van der Waals surface area contributed by atoms with Gasteiger partial charge in [-0.25, -0.2) is 0 Å². The number of carboxylic acid groups (broad SMARTS) is 1. The van der Waals surface area contributed by atoms with E-state index in [1.54, 1.807) is 0 Å². The van der Waals surface area contributed by atoms with Crippen LogP contribution in [-0.2, 0) is 28.8 Å². The van der Waals surface area contributed by atoms with Crippen LogP contribution in [0.1, 0.15) is 46.5 Å². The first kappa shape index (κ1) is 25.9. The molecule has 174 valence electrons. The first-order valence-corrected chi connectivity index (χ1v) is 10.1. The molecule has 0 aromatic carbocycles. The van der Waals surface area contributed by atoms with Crippen LogP contribution in [0.2, 0.25) is 0 Å². The Hall–Kier alpha value is -3.18. The average Bonchev–Trinajstić information content (AvgIpc) is 3.13. The van der Waals surface area contributed by atoms with Crippen LogP contribution in [-0.4, -0.2) is 76.7 Å². The predicted molar refractivity (Wildman–Crippen MR) is 108 cm³/mol. The summed E-state index contributed by atoms with van der Waals surface area (Å²) in [6.45, 7) is 4.73. The van der Waals surface area contributed by atoms with Crippen molar-refractivity contribution in [3.63, 3.8) is 0 Å². The highest BCUT2D eigenvalue weighted by atomic mass is 16.4. The average molecular weight is 441 g/mol. The second-order valence-electron chi connectivity index (χ2n) is 7.92. The molecule has 1 aliphatic rings. The number of carboxylic acids is 1. The molecule has 0 saturated carbocycles. The van der Waals surface area contributed by atoms with Crippen molar-refractivity contribution in [2.24, 2.45) is 11.7 Å². The van der Waals surface area contributed by atoms with E-state index in [0.29, 0.717) is 19.3 Å². The van der Waals surface area contributed by atoms with E-state index in [4.69, 9.17) is 10.8 Å². The third-order valence-electron chi connectivity index (χ3n) is 4.67. The van der Waals surface area contributed by atoms with Gasteiger partial charge in [0.2, 0.25) is 29.5 Å². The van der Waals surface area contributed by atoms with Crippen molar-refractivity contribution in [3.8, 4) is 0 Å². The Labute approximate surface area is 180 Å². The van der Waals surface area contributed by atoms with Gasteiger partial charge in [0.1, 0.15) is 18.1 Å². The highest BCUT2D eigenvalue weighted by molar-refractivity contribution is 5.96. The smallest absolute Gasteiger partial charge is 0.305 e. The summed E-state index contributed by atoms with van der Waals surface area (Å²) < 4.78 is 0. The van der Waals surface area contributed by atoms with Crippen molar-refractivity contribution in [2.45, 2.75) is 64.6 Å². The maximum atomic E-state index is 12.9. The third kappa shape index (κ3) is 8.60. The molecule has 1 heterocycles. The lowest BCUT2D eigenvalue weighted by Crippen LogP contribution is -2.56. The summed E-state index contributed by atoms with van der Waals surface area (Å²) >= 11 is 0. The summed E-state index contributed by atoms with van der Waals surface area (Å²) in [5.74, 6) is -4.32. The van der Waals surface area contributed by atoms with E-state index >= 15 is 0 Å². The fourth-order valence-corrected chi connectivity index (χ4v) is 3.39. The molecule has 31 heavy (non-hydrogen) atoms. The lowest BCUT2D eigenvalue weighted by atomic mass is 10.0. The Morgan fingerprint density at radius 3 is 2.26 bits per heavy atom. The molecule has 1 saturated heterocycles. The van der Waals surface area contributed by atoms with E-state index in [0.717, 1.165) is 6.92 Å². The number of nitrogens with two attached hydrogens (primary N) is 1. The van der Waals surface area contributed by atoms with E-state index < -0.39 is 60.1 Å². The van der Waals surface area contributed by atoms with Crippen LogP contribution in [0.5, 0.6) is 0 Å². The van der Waals surface area contributed by atoms with Gasteiger partial charge in [-0.3, -0.25) is 28.8 Å². The highest BCUT2D eigenvalue weighted by Gasteiger charge is 2.39. The van der Waals surface area contributed by atoms with Gasteiger partial charge in [0, 0.05) is 13.5 Å². The standard InChI is InChI=1S/C19H31N5O7/c1-10(2)7-12(17(29)21-9-15(20)26)23-18(30)14-5-4-6-24(14)19(31)13(8-16(27)28)22-11(3)25/h10,12-14H,4-9H2,1-3H3,(H2,20,26)(H,21,29)(H,22,25)(H,23,30)(H,27,28)/t12-,13-,14-/m0/s1. The van der Waals surface area contributed by atoms with E-state index in [2.05, 4.69) is 16.0 Å². The Bertz CT molecular complexity index is 708. The third-order valence-corrected chi connectivity index (χ3v) is 4.67. The van der Waals surface area contributed by atoms with E-state index in [9.17, 15) is 28.8 Å². The van der Waals surface area contributed by atoms with Gasteiger partial charge in [-0.2, -0.15) is 0 Å². The van der Waals surface area contributed by atoms with Crippen molar-refractivity contribution in [1.82, 2.24) is 20.9 Å². The number of nitrogens with zero attached hydrogens (tertiary/aromatic N) is 1. The van der Waals surface area contributed by atoms with Gasteiger partial charge in [-0.05, 0) is 25.2 Å². The Kier molecular flexibility index (Phi) is 9.90. The molecule has 0 unspecified atom stereocenters. The number of carbonyl (C=O) groups excluding carboxylic acids is 5. The summed E-state index contributed by atoms with van der Waals surface area (Å²) in [7, 11) is 0. The summed E-state index contributed by atoms with van der Waals surface area (Å²) in [5, 5.41) is 16.3. The lowest BCUT2D eigenvalue weighted by Gasteiger charge is -2.29. The molecule has 0 radical (unpaired) electrons. The van der Waals surface area contributed by atoms with Crippen molar-refractivity contribution in [1.29, 1.82) is 0 Å². The molecule has 1 fully saturated rings. The lowest BCUT2D eigenvalue weighted by molar-refractivity contribution is -0.146. The molecule has 0 aromatic heterocycles. The summed E-state index contributed by atoms with van der Waals surface area (Å²) in [6, 6.07) is -3.14. The number of nitrogens with one attached hydrogen (secondary N) is 3. The van der Waals surface area contributed by atoms with Gasteiger partial charge in [0.25, 0.3) is 0 Å². The zero-order valence-corrected chi connectivity index (χ0v) is 18.0. The van der Waals surface area contributed by atoms with Crippen LogP contribution in [0.15, 0.2) is 0 Å². The number of rotatable bonds is 11. The topological polar surface area (TPSA) is 188 Å². The molecule has 12 nitrogen and oxygen atoms in total. The van der Waals surface area contributed by atoms with Crippen molar-refractivity contribution in [2.75, 3.05) is 13.1 Å². The zero-order chi connectivity index (χ0) is 23.7. The molecule has 6 N–H and O–H groups in total. The second kappa shape index (κ2) is 11.9. The normalized spacial score (nSPS) is 17.5. The van der Waals surface area contributed by atoms with Crippen molar-refractivity contribution in [3.05, 3.63) is 0 Å². The van der Waals surface area contributed by atoms with Crippen LogP contribution in [0.3, 0.4) is 0 Å². The SMILES string of the molecule is CC(=O)N[C@@H](CC(=O)O)C(=O)N1CCC[C@H]1C(=O)N[C@@H](CC(C)C)C(=O)NCC(N)=O. The van der Waals surface area contributed by atoms with Crippen LogP contribution >= 0.6 is 0 Å². The van der Waals surface area contributed by atoms with Crippen LogP contribution in [0.25, 0.3) is 0 Å². The number of amides is 5. The largest absolute Gasteiger partial charge is 0.481 e. The van der Waals surface area contributed by atoms with Crippen molar-refractivity contribution < 1.29 is 33.9 Å². The number of hydrogen-bond donors (Lipinski definition) is 5. The highest BCUT2D eigenvalue weighted by Crippen LogP contribution is 2.20. The molecule has 5 amide bonds. The maximum Gasteiger partial charge on any atom is 0.305 e. The van der Waals surface area contributed by atoms with Gasteiger partial charge in [-0.1, -0.05) is 13.8 Å². The van der Waals surface area contributed by atoms with E-state index in [1.807, 2.05) is 13.8 Å². The minimum Gasteiger partial charge on any atom is -0.481 e. The van der Waals surface area contributed by atoms with Gasteiger partial charge in [-0.15, -0.1) is 0 Å². The second-order valence-corrected chi connectivity index (χ2v) is 7.92. The Balaban J connectivity index is 2.93. The van der Waals surface area contributed by atoms with Crippen molar-refractivity contribution >= 4 is 35.5 Å². The molecule has 12 heteroatoms. The molecular formula is C19H31N5O7. The first-order chi connectivity index (χ1) is 14.4. The van der Waals surface area contributed by atoms with Crippen LogP contribution in [0.4, 0.5) is 0 Å². The minimum absolute atomic E-state index is 0.0469. The van der Waals surface area contributed by atoms with Gasteiger partial charge < -0.3 is 31.7 Å². The minimum atomic E-state index is -1.30. The van der Waals surface area contributed by atoms with Gasteiger partial charge >= 0.3 is 5.97 Å². The summed E-state index contributed by atoms with van der Waals surface area (Å²) in [6.07, 6.45) is 0.514. The van der Waals surface area contributed by atoms with Gasteiger partial charge in [0.15, 0.2) is 0 Å². The number of likely N-dealkylation sites (tertiary alicyclic amines) is 1. The number of carbonyl (C=O) groups is 6. The maximum absolute atomic E-state index is 12.9. The molecule has 1 aliphatic heterocycles. The first-order valence-electron chi connectivity index (χ1n) is 10.1. The summed E-state index contributed by atoms with van der Waals surface area (Å²) in [4.78, 5) is 72.7. The summed E-state index contributed by atoms with van der Waals surface area (Å²) in [5.41, 5.74) is 5.03. The molecule has 0 spiro atoms. The number of hydrogen-bond acceptors (Lipinski definition) is 6. The molecular weight excluding hydrogens is 410 g/mol. The molecule has 0 aliphatic carbocycles. The van der Waals surface area contributed by atoms with Crippen LogP contribution in [0, 0.1) is 5.92 Å². The fourth-order valence-electron chi connectivity index (χ4n) is 3.39. The van der Waals surface area contributed by atoms with E-state index in [1.165, 1.54) is 4.90 Å². The number of primary amides is 1. The fraction of sp³-hybridized carbons (Fsp3) is 0.684. The molecule has 3 atom stereocenters. The predicted octanol–water partition coefficient (Wildman–Crippen LogP) is -1.91.